The summed E-state index contributed by atoms with van der Waals surface area (Å²) in [6.45, 7) is 0.880. The lowest BCUT2D eigenvalue weighted by atomic mass is 10.0. The average Bonchev–Trinajstić information content (AvgIpc) is 3.10. The maximum absolute atomic E-state index is 12.7. The van der Waals surface area contributed by atoms with E-state index in [1.54, 1.807) is 24.3 Å². The molecule has 7 nitrogen and oxygen atoms in total. The Morgan fingerprint density at radius 1 is 1.32 bits per heavy atom. The minimum absolute atomic E-state index is 0.00576. The summed E-state index contributed by atoms with van der Waals surface area (Å²) in [5.41, 5.74) is 2.71. The van der Waals surface area contributed by atoms with E-state index in [0.717, 1.165) is 5.56 Å². The van der Waals surface area contributed by atoms with E-state index in [9.17, 15) is 9.59 Å². The molecule has 0 radical (unpaired) electrons. The third-order valence-corrected chi connectivity index (χ3v) is 4.58. The molecular formula is C18H18N4O3. The minimum Gasteiger partial charge on any atom is -0.496 e. The van der Waals surface area contributed by atoms with Crippen LogP contribution < -0.4 is 10.3 Å². The van der Waals surface area contributed by atoms with Crippen LogP contribution in [0, 0.1) is 0 Å². The van der Waals surface area contributed by atoms with Gasteiger partial charge in [0, 0.05) is 29.9 Å². The second-order valence-corrected chi connectivity index (χ2v) is 6.05. The van der Waals surface area contributed by atoms with E-state index in [4.69, 9.17) is 4.74 Å². The maximum Gasteiger partial charge on any atom is 0.276 e. The summed E-state index contributed by atoms with van der Waals surface area (Å²) in [6, 6.07) is 9.25. The van der Waals surface area contributed by atoms with Crippen molar-refractivity contribution in [2.45, 2.75) is 19.4 Å². The molecule has 1 aliphatic rings. The largest absolute Gasteiger partial charge is 0.496 e. The number of para-hydroxylation sites is 1. The molecule has 3 aromatic rings. The Hall–Kier alpha value is -3.09. The van der Waals surface area contributed by atoms with Crippen molar-refractivity contribution in [1.29, 1.82) is 0 Å². The van der Waals surface area contributed by atoms with Gasteiger partial charge in [0.05, 0.1) is 25.8 Å². The number of ether oxygens (including phenoxy) is 1. The molecule has 128 valence electrons. The van der Waals surface area contributed by atoms with E-state index in [1.807, 2.05) is 24.3 Å². The first kappa shape index (κ1) is 15.4. The van der Waals surface area contributed by atoms with Crippen molar-refractivity contribution in [3.8, 4) is 5.75 Å². The Labute approximate surface area is 143 Å². The second kappa shape index (κ2) is 6.08. The molecule has 0 spiro atoms. The van der Waals surface area contributed by atoms with Gasteiger partial charge in [-0.1, -0.05) is 18.2 Å². The SMILES string of the molecule is COc1ccccc1CC(=O)N1CCc2c(nc3cc[nH]n3c2=O)C1. The molecule has 2 aromatic heterocycles. The molecule has 1 aromatic carbocycles. The zero-order valence-corrected chi connectivity index (χ0v) is 13.9. The number of aromatic amines is 1. The lowest BCUT2D eigenvalue weighted by molar-refractivity contribution is -0.131. The summed E-state index contributed by atoms with van der Waals surface area (Å²) < 4.78 is 6.75. The van der Waals surface area contributed by atoms with E-state index < -0.39 is 0 Å². The third-order valence-electron chi connectivity index (χ3n) is 4.58. The molecule has 1 aliphatic heterocycles. The van der Waals surface area contributed by atoms with Crippen molar-refractivity contribution in [2.24, 2.45) is 0 Å². The summed E-state index contributed by atoms with van der Waals surface area (Å²) in [6.07, 6.45) is 2.46. The molecule has 25 heavy (non-hydrogen) atoms. The molecule has 0 unspecified atom stereocenters. The smallest absolute Gasteiger partial charge is 0.276 e. The quantitative estimate of drug-likeness (QED) is 0.777. The lowest BCUT2D eigenvalue weighted by Gasteiger charge is -2.28. The number of methoxy groups -OCH3 is 1. The number of aromatic nitrogens is 3. The number of nitrogens with zero attached hydrogens (tertiary/aromatic N) is 3. The first-order valence-electron chi connectivity index (χ1n) is 8.15. The molecule has 0 atom stereocenters. The number of hydrogen-bond acceptors (Lipinski definition) is 4. The zero-order valence-electron chi connectivity index (χ0n) is 13.9. The molecule has 0 saturated heterocycles. The van der Waals surface area contributed by atoms with Gasteiger partial charge in [0.2, 0.25) is 5.91 Å². The Morgan fingerprint density at radius 3 is 3.00 bits per heavy atom. The number of rotatable bonds is 3. The normalized spacial score (nSPS) is 13.7. The van der Waals surface area contributed by atoms with Crippen molar-refractivity contribution in [1.82, 2.24) is 19.5 Å². The van der Waals surface area contributed by atoms with Gasteiger partial charge in [-0.2, -0.15) is 0 Å². The molecule has 1 N–H and O–H groups in total. The topological polar surface area (TPSA) is 79.7 Å². The van der Waals surface area contributed by atoms with Crippen LogP contribution in [-0.4, -0.2) is 39.1 Å². The van der Waals surface area contributed by atoms with Gasteiger partial charge >= 0.3 is 0 Å². The number of fused-ring (bicyclic) bond motifs is 2. The van der Waals surface area contributed by atoms with Gasteiger partial charge in [-0.15, -0.1) is 0 Å². The summed E-state index contributed by atoms with van der Waals surface area (Å²) in [5.74, 6) is 0.713. The predicted molar refractivity (Wildman–Crippen MR) is 91.6 cm³/mol. The van der Waals surface area contributed by atoms with Gasteiger partial charge in [0.25, 0.3) is 5.56 Å². The predicted octanol–water partition coefficient (Wildman–Crippen LogP) is 1.16. The minimum atomic E-state index is -0.0816. The molecular weight excluding hydrogens is 320 g/mol. The molecule has 3 heterocycles. The lowest BCUT2D eigenvalue weighted by Crippen LogP contribution is -2.40. The van der Waals surface area contributed by atoms with Gasteiger partial charge in [0.15, 0.2) is 5.65 Å². The summed E-state index contributed by atoms with van der Waals surface area (Å²) in [5, 5.41) is 2.86. The van der Waals surface area contributed by atoms with Crippen molar-refractivity contribution < 1.29 is 9.53 Å². The second-order valence-electron chi connectivity index (χ2n) is 6.05. The maximum atomic E-state index is 12.7. The fourth-order valence-electron chi connectivity index (χ4n) is 3.27. The Kier molecular flexibility index (Phi) is 3.76. The monoisotopic (exact) mass is 338 g/mol. The van der Waals surface area contributed by atoms with Crippen LogP contribution in [0.25, 0.3) is 5.65 Å². The number of hydrogen-bond donors (Lipinski definition) is 1. The molecule has 0 bridgehead atoms. The van der Waals surface area contributed by atoms with Crippen LogP contribution in [0.2, 0.25) is 0 Å². The fraction of sp³-hybridized carbons (Fsp3) is 0.278. The molecule has 4 rings (SSSR count). The highest BCUT2D eigenvalue weighted by atomic mass is 16.5. The summed E-state index contributed by atoms with van der Waals surface area (Å²) in [7, 11) is 1.60. The van der Waals surface area contributed by atoms with Crippen LogP contribution in [-0.2, 0) is 24.2 Å². The van der Waals surface area contributed by atoms with Crippen LogP contribution in [0.15, 0.2) is 41.3 Å². The standard InChI is InChI=1S/C18H18N4O3/c1-25-15-5-3-2-4-12(15)10-17(23)21-9-7-13-14(11-21)20-16-6-8-19-22(16)18(13)24/h2-6,8,19H,7,9-11H2,1H3. The van der Waals surface area contributed by atoms with Gasteiger partial charge in [-0.3, -0.25) is 14.7 Å². The molecule has 0 aliphatic carbocycles. The Balaban J connectivity index is 1.58. The first-order chi connectivity index (χ1) is 12.2. The van der Waals surface area contributed by atoms with E-state index in [0.29, 0.717) is 42.2 Å². The van der Waals surface area contributed by atoms with E-state index >= 15 is 0 Å². The molecule has 1 amide bonds. The number of nitrogens with one attached hydrogen (secondary N) is 1. The number of carbonyl (C=O) groups excluding carboxylic acids is 1. The molecule has 7 heteroatoms. The van der Waals surface area contributed by atoms with Gasteiger partial charge in [-0.25, -0.2) is 9.50 Å². The summed E-state index contributed by atoms with van der Waals surface area (Å²) >= 11 is 0. The number of H-pyrrole nitrogens is 1. The van der Waals surface area contributed by atoms with Crippen LogP contribution in [0.1, 0.15) is 16.8 Å². The first-order valence-corrected chi connectivity index (χ1v) is 8.15. The number of amides is 1. The van der Waals surface area contributed by atoms with Gasteiger partial charge < -0.3 is 9.64 Å². The highest BCUT2D eigenvalue weighted by Crippen LogP contribution is 2.21. The number of carbonyl (C=O) groups is 1. The molecule has 0 saturated carbocycles. The highest BCUT2D eigenvalue weighted by molar-refractivity contribution is 5.79. The van der Waals surface area contributed by atoms with E-state index in [1.165, 1.54) is 4.52 Å². The van der Waals surface area contributed by atoms with Crippen molar-refractivity contribution in [3.05, 3.63) is 63.7 Å². The Morgan fingerprint density at radius 2 is 2.16 bits per heavy atom. The number of benzene rings is 1. The van der Waals surface area contributed by atoms with Crippen LogP contribution in [0.3, 0.4) is 0 Å². The molecule has 0 fully saturated rings. The third kappa shape index (κ3) is 2.67. The van der Waals surface area contributed by atoms with Crippen LogP contribution in [0.4, 0.5) is 0 Å². The highest BCUT2D eigenvalue weighted by Gasteiger charge is 2.25. The fourth-order valence-corrected chi connectivity index (χ4v) is 3.27. The van der Waals surface area contributed by atoms with Crippen molar-refractivity contribution >= 4 is 11.6 Å². The van der Waals surface area contributed by atoms with Crippen molar-refractivity contribution in [2.75, 3.05) is 13.7 Å². The van der Waals surface area contributed by atoms with Crippen molar-refractivity contribution in [3.63, 3.8) is 0 Å². The van der Waals surface area contributed by atoms with Crippen LogP contribution >= 0.6 is 0 Å². The summed E-state index contributed by atoms with van der Waals surface area (Å²) in [4.78, 5) is 31.4. The average molecular weight is 338 g/mol. The van der Waals surface area contributed by atoms with E-state index in [-0.39, 0.29) is 17.9 Å². The van der Waals surface area contributed by atoms with E-state index in [2.05, 4.69) is 10.1 Å². The van der Waals surface area contributed by atoms with Gasteiger partial charge in [0.1, 0.15) is 5.75 Å². The van der Waals surface area contributed by atoms with Gasteiger partial charge in [-0.05, 0) is 12.5 Å². The Bertz CT molecular complexity index is 1000. The van der Waals surface area contributed by atoms with Crippen LogP contribution in [0.5, 0.6) is 5.75 Å². The zero-order chi connectivity index (χ0) is 17.4.